The van der Waals surface area contributed by atoms with Gasteiger partial charge in [-0.3, -0.25) is 9.69 Å². The zero-order chi connectivity index (χ0) is 17.6. The highest BCUT2D eigenvalue weighted by Crippen LogP contribution is 2.16. The molecule has 1 atom stereocenters. The van der Waals surface area contributed by atoms with Crippen molar-refractivity contribution in [2.45, 2.75) is 12.6 Å². The molecule has 1 aliphatic heterocycles. The lowest BCUT2D eigenvalue weighted by Gasteiger charge is -2.35. The van der Waals surface area contributed by atoms with Crippen LogP contribution in [-0.2, 0) is 6.54 Å². The van der Waals surface area contributed by atoms with Gasteiger partial charge in [-0.2, -0.15) is 0 Å². The van der Waals surface area contributed by atoms with Crippen LogP contribution in [0.1, 0.15) is 27.6 Å². The second-order valence-electron chi connectivity index (χ2n) is 6.42. The Balaban J connectivity index is 1.51. The molecule has 0 aromatic heterocycles. The van der Waals surface area contributed by atoms with Gasteiger partial charge in [-0.05, 0) is 23.3 Å². The molecule has 25 heavy (non-hydrogen) atoms. The Labute approximate surface area is 148 Å². The molecule has 1 amide bonds. The highest BCUT2D eigenvalue weighted by Gasteiger charge is 2.23. The van der Waals surface area contributed by atoms with Crippen molar-refractivity contribution >= 4 is 5.91 Å². The van der Waals surface area contributed by atoms with Crippen molar-refractivity contribution in [1.29, 1.82) is 0 Å². The summed E-state index contributed by atoms with van der Waals surface area (Å²) in [5, 5.41) is 10.3. The van der Waals surface area contributed by atoms with E-state index in [1.807, 2.05) is 59.5 Å². The lowest BCUT2D eigenvalue weighted by atomic mass is 10.1. The fourth-order valence-electron chi connectivity index (χ4n) is 3.12. The van der Waals surface area contributed by atoms with Gasteiger partial charge in [0.25, 0.3) is 5.91 Å². The molecule has 132 valence electrons. The monoisotopic (exact) mass is 339 g/mol. The number of nitrogens with two attached hydrogens (primary N) is 1. The van der Waals surface area contributed by atoms with Crippen LogP contribution in [0.25, 0.3) is 0 Å². The Kier molecular flexibility index (Phi) is 5.81. The van der Waals surface area contributed by atoms with E-state index in [1.54, 1.807) is 0 Å². The van der Waals surface area contributed by atoms with Gasteiger partial charge in [-0.1, -0.05) is 42.5 Å². The van der Waals surface area contributed by atoms with E-state index >= 15 is 0 Å². The summed E-state index contributed by atoms with van der Waals surface area (Å²) in [4.78, 5) is 16.7. The van der Waals surface area contributed by atoms with Crippen LogP contribution in [0.4, 0.5) is 0 Å². The van der Waals surface area contributed by atoms with Crippen molar-refractivity contribution in [2.75, 3.05) is 32.7 Å². The van der Waals surface area contributed by atoms with Crippen LogP contribution in [0.5, 0.6) is 0 Å². The molecule has 5 heteroatoms. The Morgan fingerprint density at radius 3 is 2.24 bits per heavy atom. The third kappa shape index (κ3) is 4.45. The zero-order valence-corrected chi connectivity index (χ0v) is 14.3. The SMILES string of the molecule is NCc1ccc(C(=O)N2CCN(CC(O)c3ccccc3)CC2)cc1. The minimum absolute atomic E-state index is 0.0619. The van der Waals surface area contributed by atoms with Crippen LogP contribution in [0, 0.1) is 0 Å². The maximum absolute atomic E-state index is 12.6. The molecule has 5 nitrogen and oxygen atoms in total. The third-order valence-electron chi connectivity index (χ3n) is 4.71. The van der Waals surface area contributed by atoms with Gasteiger partial charge in [-0.25, -0.2) is 0 Å². The number of β-amino-alcohol motifs (C(OH)–C–C–N with tert-alkyl or cyclic N) is 1. The Morgan fingerprint density at radius 1 is 1.00 bits per heavy atom. The zero-order valence-electron chi connectivity index (χ0n) is 14.3. The Hall–Kier alpha value is -2.21. The molecular formula is C20H25N3O2. The summed E-state index contributed by atoms with van der Waals surface area (Å²) in [6, 6.07) is 17.2. The lowest BCUT2D eigenvalue weighted by Crippen LogP contribution is -2.49. The van der Waals surface area contributed by atoms with Crippen LogP contribution in [0.3, 0.4) is 0 Å². The van der Waals surface area contributed by atoms with E-state index < -0.39 is 6.10 Å². The first-order valence-corrected chi connectivity index (χ1v) is 8.71. The number of carbonyl (C=O) groups is 1. The molecule has 2 aromatic rings. The normalized spacial score (nSPS) is 16.6. The molecule has 1 fully saturated rings. The molecule has 0 saturated carbocycles. The molecule has 2 aromatic carbocycles. The highest BCUT2D eigenvalue weighted by molar-refractivity contribution is 5.94. The molecule has 1 saturated heterocycles. The molecule has 3 rings (SSSR count). The summed E-state index contributed by atoms with van der Waals surface area (Å²) >= 11 is 0. The first-order chi connectivity index (χ1) is 12.2. The van der Waals surface area contributed by atoms with Gasteiger partial charge in [0.15, 0.2) is 0 Å². The number of piperazine rings is 1. The number of aliphatic hydroxyl groups is 1. The van der Waals surface area contributed by atoms with Crippen LogP contribution in [0.15, 0.2) is 54.6 Å². The van der Waals surface area contributed by atoms with E-state index in [-0.39, 0.29) is 5.91 Å². The standard InChI is InChI=1S/C20H25N3O2/c21-14-16-6-8-18(9-7-16)20(25)23-12-10-22(11-13-23)15-19(24)17-4-2-1-3-5-17/h1-9,19,24H,10-15,21H2. The first-order valence-electron chi connectivity index (χ1n) is 8.71. The highest BCUT2D eigenvalue weighted by atomic mass is 16.3. The van der Waals surface area contributed by atoms with Gasteiger partial charge >= 0.3 is 0 Å². The average molecular weight is 339 g/mol. The van der Waals surface area contributed by atoms with Crippen molar-refractivity contribution in [2.24, 2.45) is 5.73 Å². The predicted molar refractivity (Wildman–Crippen MR) is 98.1 cm³/mol. The number of carbonyl (C=O) groups excluding carboxylic acids is 1. The maximum Gasteiger partial charge on any atom is 0.253 e. The minimum Gasteiger partial charge on any atom is -0.387 e. The molecule has 1 unspecified atom stereocenters. The molecule has 3 N–H and O–H groups in total. The predicted octanol–water partition coefficient (Wildman–Crippen LogP) is 1.64. The van der Waals surface area contributed by atoms with Crippen LogP contribution >= 0.6 is 0 Å². The minimum atomic E-state index is -0.493. The van der Waals surface area contributed by atoms with Gasteiger partial charge in [0.2, 0.25) is 0 Å². The van der Waals surface area contributed by atoms with Crippen molar-refractivity contribution in [1.82, 2.24) is 9.80 Å². The summed E-state index contributed by atoms with van der Waals surface area (Å²) in [6.45, 7) is 3.99. The number of rotatable bonds is 5. The molecule has 1 heterocycles. The smallest absolute Gasteiger partial charge is 0.253 e. The van der Waals surface area contributed by atoms with E-state index in [0.717, 1.165) is 24.2 Å². The van der Waals surface area contributed by atoms with E-state index in [4.69, 9.17) is 5.73 Å². The van der Waals surface area contributed by atoms with E-state index in [1.165, 1.54) is 0 Å². The second kappa shape index (κ2) is 8.25. The molecule has 0 aliphatic carbocycles. The summed E-state index contributed by atoms with van der Waals surface area (Å²) in [5.74, 6) is 0.0619. The van der Waals surface area contributed by atoms with Gasteiger partial charge < -0.3 is 15.7 Å². The van der Waals surface area contributed by atoms with Crippen LogP contribution in [-0.4, -0.2) is 53.5 Å². The Bertz CT molecular complexity index is 680. The van der Waals surface area contributed by atoms with Crippen LogP contribution in [0.2, 0.25) is 0 Å². The number of aliphatic hydroxyl groups excluding tert-OH is 1. The number of hydrogen-bond acceptors (Lipinski definition) is 4. The van der Waals surface area contributed by atoms with Crippen molar-refractivity contribution in [3.05, 3.63) is 71.3 Å². The summed E-state index contributed by atoms with van der Waals surface area (Å²) < 4.78 is 0. The van der Waals surface area contributed by atoms with Gasteiger partial charge in [-0.15, -0.1) is 0 Å². The molecule has 0 bridgehead atoms. The average Bonchev–Trinajstić information content (AvgIpc) is 2.69. The van der Waals surface area contributed by atoms with E-state index in [2.05, 4.69) is 4.90 Å². The summed E-state index contributed by atoms with van der Waals surface area (Å²) in [7, 11) is 0. The van der Waals surface area contributed by atoms with Crippen molar-refractivity contribution in [3.63, 3.8) is 0 Å². The molecule has 0 spiro atoms. The summed E-state index contributed by atoms with van der Waals surface area (Å²) in [5.41, 5.74) is 8.25. The number of amides is 1. The number of hydrogen-bond donors (Lipinski definition) is 2. The van der Waals surface area contributed by atoms with Gasteiger partial charge in [0.05, 0.1) is 6.10 Å². The number of benzene rings is 2. The maximum atomic E-state index is 12.6. The third-order valence-corrected chi connectivity index (χ3v) is 4.71. The quantitative estimate of drug-likeness (QED) is 0.869. The summed E-state index contributed by atoms with van der Waals surface area (Å²) in [6.07, 6.45) is -0.493. The van der Waals surface area contributed by atoms with Gasteiger partial charge in [0.1, 0.15) is 0 Å². The second-order valence-corrected chi connectivity index (χ2v) is 6.42. The van der Waals surface area contributed by atoms with E-state index in [0.29, 0.717) is 31.7 Å². The van der Waals surface area contributed by atoms with Gasteiger partial charge in [0, 0.05) is 44.8 Å². The fraction of sp³-hybridized carbons (Fsp3) is 0.350. The van der Waals surface area contributed by atoms with Crippen molar-refractivity contribution in [3.8, 4) is 0 Å². The van der Waals surface area contributed by atoms with Crippen molar-refractivity contribution < 1.29 is 9.90 Å². The van der Waals surface area contributed by atoms with Crippen LogP contribution < -0.4 is 5.73 Å². The largest absolute Gasteiger partial charge is 0.387 e. The number of nitrogens with zero attached hydrogens (tertiary/aromatic N) is 2. The molecular weight excluding hydrogens is 314 g/mol. The fourth-order valence-corrected chi connectivity index (χ4v) is 3.12. The molecule has 1 aliphatic rings. The Morgan fingerprint density at radius 2 is 1.64 bits per heavy atom. The molecule has 0 radical (unpaired) electrons. The lowest BCUT2D eigenvalue weighted by molar-refractivity contribution is 0.0527. The van der Waals surface area contributed by atoms with E-state index in [9.17, 15) is 9.90 Å². The first kappa shape index (κ1) is 17.6. The topological polar surface area (TPSA) is 69.8 Å².